The summed E-state index contributed by atoms with van der Waals surface area (Å²) in [5.74, 6) is 0. The third kappa shape index (κ3) is 2.26. The summed E-state index contributed by atoms with van der Waals surface area (Å²) in [5, 5.41) is 3.84. The highest BCUT2D eigenvalue weighted by Gasteiger charge is 2.06. The number of nitrogens with zero attached hydrogens (tertiary/aromatic N) is 2. The molecular weight excluding hydrogens is 222 g/mol. The normalized spacial score (nSPS) is 10.9. The largest absolute Gasteiger partial charge is 0.306 e. The fraction of sp³-hybridized carbons (Fsp3) is 0.250. The lowest BCUT2D eigenvalue weighted by molar-refractivity contribution is 0.725. The molecule has 4 heteroatoms. The third-order valence-corrected chi connectivity index (χ3v) is 2.57. The number of nitrogens with one attached hydrogen (secondary N) is 1. The minimum Gasteiger partial charge on any atom is -0.306 e. The minimum atomic E-state index is 0.612. The van der Waals surface area contributed by atoms with Gasteiger partial charge in [-0.2, -0.15) is 0 Å². The van der Waals surface area contributed by atoms with E-state index in [1.54, 1.807) is 0 Å². The Hall–Kier alpha value is -1.32. The van der Waals surface area contributed by atoms with Gasteiger partial charge in [-0.3, -0.25) is 0 Å². The van der Waals surface area contributed by atoms with Crippen LogP contribution in [0.2, 0.25) is 0 Å². The number of aryl methyl sites for hydroxylation is 1. The first-order chi connectivity index (χ1) is 7.68. The highest BCUT2D eigenvalue weighted by molar-refractivity contribution is 6.29. The van der Waals surface area contributed by atoms with Crippen molar-refractivity contribution < 1.29 is 0 Å². The van der Waals surface area contributed by atoms with Crippen molar-refractivity contribution in [1.29, 1.82) is 0 Å². The van der Waals surface area contributed by atoms with Gasteiger partial charge in [0.25, 0.3) is 0 Å². The molecule has 0 fully saturated rings. The molecule has 0 bridgehead atoms. The Kier molecular flexibility index (Phi) is 3.27. The van der Waals surface area contributed by atoms with Crippen LogP contribution in [-0.4, -0.2) is 15.9 Å². The van der Waals surface area contributed by atoms with Gasteiger partial charge in [0, 0.05) is 24.3 Å². The van der Waals surface area contributed by atoms with Gasteiger partial charge in [-0.05, 0) is 19.1 Å². The van der Waals surface area contributed by atoms with Crippen LogP contribution in [0.25, 0.3) is 5.65 Å². The topological polar surface area (TPSA) is 29.3 Å². The Morgan fingerprint density at radius 2 is 2.38 bits per heavy atom. The minimum absolute atomic E-state index is 0.612. The van der Waals surface area contributed by atoms with Gasteiger partial charge in [0.15, 0.2) is 0 Å². The number of halogens is 1. The Morgan fingerprint density at radius 1 is 1.56 bits per heavy atom. The summed E-state index contributed by atoms with van der Waals surface area (Å²) in [5.41, 5.74) is 3.17. The molecular formula is C12H14ClN3. The zero-order valence-electron chi connectivity index (χ0n) is 9.20. The van der Waals surface area contributed by atoms with Crippen LogP contribution >= 0.6 is 11.6 Å². The zero-order valence-corrected chi connectivity index (χ0v) is 9.96. The number of fused-ring (bicyclic) bond motifs is 1. The smallest absolute Gasteiger partial charge is 0.137 e. The van der Waals surface area contributed by atoms with Gasteiger partial charge >= 0.3 is 0 Å². The quantitative estimate of drug-likeness (QED) is 0.882. The summed E-state index contributed by atoms with van der Waals surface area (Å²) in [4.78, 5) is 4.48. The monoisotopic (exact) mass is 235 g/mol. The molecule has 0 aliphatic carbocycles. The second-order valence-electron chi connectivity index (χ2n) is 3.69. The fourth-order valence-corrected chi connectivity index (χ4v) is 1.79. The van der Waals surface area contributed by atoms with Crippen LogP contribution in [0.1, 0.15) is 11.4 Å². The first kappa shape index (κ1) is 11.2. The standard InChI is InChI=1S/C12H14ClN3/c1-9(13)7-14-8-11-10(2)15-12-5-3-4-6-16(11)12/h3-6,14H,1,7-8H2,2H3. The van der Waals surface area contributed by atoms with E-state index in [1.165, 1.54) is 0 Å². The van der Waals surface area contributed by atoms with Crippen molar-refractivity contribution in [2.45, 2.75) is 13.5 Å². The summed E-state index contributed by atoms with van der Waals surface area (Å²) < 4.78 is 2.08. The first-order valence-electron chi connectivity index (χ1n) is 5.15. The van der Waals surface area contributed by atoms with E-state index in [-0.39, 0.29) is 0 Å². The van der Waals surface area contributed by atoms with E-state index in [0.717, 1.165) is 23.6 Å². The molecule has 0 aliphatic heterocycles. The summed E-state index contributed by atoms with van der Waals surface area (Å²) in [6.45, 7) is 7.00. The maximum atomic E-state index is 5.70. The van der Waals surface area contributed by atoms with Crippen LogP contribution in [0.4, 0.5) is 0 Å². The molecule has 0 unspecified atom stereocenters. The molecule has 3 nitrogen and oxygen atoms in total. The average Bonchev–Trinajstić information content (AvgIpc) is 2.55. The predicted molar refractivity (Wildman–Crippen MR) is 66.6 cm³/mol. The summed E-state index contributed by atoms with van der Waals surface area (Å²) in [6, 6.07) is 5.98. The molecule has 0 aliphatic rings. The molecule has 0 saturated carbocycles. The van der Waals surface area contributed by atoms with Gasteiger partial charge in [-0.1, -0.05) is 24.2 Å². The van der Waals surface area contributed by atoms with Crippen molar-refractivity contribution in [1.82, 2.24) is 14.7 Å². The number of hydrogen-bond acceptors (Lipinski definition) is 2. The van der Waals surface area contributed by atoms with E-state index >= 15 is 0 Å². The Balaban J connectivity index is 2.22. The van der Waals surface area contributed by atoms with Crippen LogP contribution < -0.4 is 5.32 Å². The van der Waals surface area contributed by atoms with Crippen molar-refractivity contribution >= 4 is 17.2 Å². The highest BCUT2D eigenvalue weighted by Crippen LogP contribution is 2.11. The number of rotatable bonds is 4. The van der Waals surface area contributed by atoms with E-state index in [9.17, 15) is 0 Å². The molecule has 2 aromatic rings. The van der Waals surface area contributed by atoms with Crippen molar-refractivity contribution in [2.24, 2.45) is 0 Å². The van der Waals surface area contributed by atoms with Crippen molar-refractivity contribution in [3.8, 4) is 0 Å². The highest BCUT2D eigenvalue weighted by atomic mass is 35.5. The van der Waals surface area contributed by atoms with Gasteiger partial charge in [0.1, 0.15) is 5.65 Å². The zero-order chi connectivity index (χ0) is 11.5. The molecule has 0 radical (unpaired) electrons. The predicted octanol–water partition coefficient (Wildman–Crippen LogP) is 2.48. The Bertz CT molecular complexity index is 516. The van der Waals surface area contributed by atoms with Crippen LogP contribution in [0.15, 0.2) is 36.0 Å². The maximum absolute atomic E-state index is 5.70. The molecule has 2 rings (SSSR count). The molecule has 0 saturated heterocycles. The molecule has 0 aromatic carbocycles. The van der Waals surface area contributed by atoms with Crippen LogP contribution in [0.3, 0.4) is 0 Å². The van der Waals surface area contributed by atoms with Crippen LogP contribution in [-0.2, 0) is 6.54 Å². The van der Waals surface area contributed by atoms with E-state index in [4.69, 9.17) is 11.6 Å². The summed E-state index contributed by atoms with van der Waals surface area (Å²) >= 11 is 5.70. The number of imidazole rings is 1. The molecule has 1 N–H and O–H groups in total. The van der Waals surface area contributed by atoms with Crippen molar-refractivity contribution in [3.05, 3.63) is 47.4 Å². The van der Waals surface area contributed by atoms with Gasteiger partial charge in [0.2, 0.25) is 0 Å². The molecule has 84 valence electrons. The Morgan fingerprint density at radius 3 is 3.12 bits per heavy atom. The Labute approximate surface area is 99.8 Å². The van der Waals surface area contributed by atoms with Crippen molar-refractivity contribution in [3.63, 3.8) is 0 Å². The lowest BCUT2D eigenvalue weighted by Gasteiger charge is -2.04. The second-order valence-corrected chi connectivity index (χ2v) is 4.23. The first-order valence-corrected chi connectivity index (χ1v) is 5.53. The number of pyridine rings is 1. The van der Waals surface area contributed by atoms with Crippen LogP contribution in [0.5, 0.6) is 0 Å². The average molecular weight is 236 g/mol. The number of hydrogen-bond donors (Lipinski definition) is 1. The third-order valence-electron chi connectivity index (χ3n) is 2.44. The van der Waals surface area contributed by atoms with Gasteiger partial charge in [-0.25, -0.2) is 4.98 Å². The lowest BCUT2D eigenvalue weighted by atomic mass is 10.3. The molecule has 2 heterocycles. The van der Waals surface area contributed by atoms with Gasteiger partial charge < -0.3 is 9.72 Å². The van der Waals surface area contributed by atoms with E-state index in [1.807, 2.05) is 31.3 Å². The molecule has 16 heavy (non-hydrogen) atoms. The second kappa shape index (κ2) is 4.68. The van der Waals surface area contributed by atoms with Crippen LogP contribution in [0, 0.1) is 6.92 Å². The molecule has 2 aromatic heterocycles. The molecule has 0 amide bonds. The van der Waals surface area contributed by atoms with E-state index in [0.29, 0.717) is 11.6 Å². The lowest BCUT2D eigenvalue weighted by Crippen LogP contribution is -2.16. The number of aromatic nitrogens is 2. The summed E-state index contributed by atoms with van der Waals surface area (Å²) in [7, 11) is 0. The van der Waals surface area contributed by atoms with E-state index in [2.05, 4.69) is 21.3 Å². The van der Waals surface area contributed by atoms with E-state index < -0.39 is 0 Å². The van der Waals surface area contributed by atoms with Gasteiger partial charge in [-0.15, -0.1) is 0 Å². The SMILES string of the molecule is C=C(Cl)CNCc1c(C)nc2ccccn12. The van der Waals surface area contributed by atoms with Crippen molar-refractivity contribution in [2.75, 3.05) is 6.54 Å². The molecule has 0 atom stereocenters. The fourth-order valence-electron chi connectivity index (χ4n) is 1.69. The van der Waals surface area contributed by atoms with Gasteiger partial charge in [0.05, 0.1) is 11.4 Å². The molecule has 0 spiro atoms. The maximum Gasteiger partial charge on any atom is 0.137 e. The summed E-state index contributed by atoms with van der Waals surface area (Å²) in [6.07, 6.45) is 2.02.